The molecule has 1 N–H and O–H groups in total. The molecule has 1 aliphatic rings. The first kappa shape index (κ1) is 24.0. The molecule has 34 heavy (non-hydrogen) atoms. The molecule has 0 saturated carbocycles. The van der Waals surface area contributed by atoms with Gasteiger partial charge in [-0.05, 0) is 68.7 Å². The van der Waals surface area contributed by atoms with E-state index in [1.54, 1.807) is 29.3 Å². The molecule has 180 valence electrons. The maximum absolute atomic E-state index is 13.1. The Labute approximate surface area is 203 Å². The Balaban J connectivity index is 1.60. The van der Waals surface area contributed by atoms with Crippen molar-refractivity contribution in [2.45, 2.75) is 39.0 Å². The Bertz CT molecular complexity index is 1330. The van der Waals surface area contributed by atoms with E-state index < -0.39 is 10.0 Å². The van der Waals surface area contributed by atoms with Crippen molar-refractivity contribution in [3.05, 3.63) is 46.8 Å². The van der Waals surface area contributed by atoms with Crippen LogP contribution in [0.5, 0.6) is 11.5 Å². The molecule has 1 aliphatic heterocycles. The summed E-state index contributed by atoms with van der Waals surface area (Å²) in [6.45, 7) is 8.58. The lowest BCUT2D eigenvalue weighted by Crippen LogP contribution is -2.39. The number of carbonyl (C=O) groups excluding carboxylic acids is 1. The van der Waals surface area contributed by atoms with Crippen molar-refractivity contribution in [3.8, 4) is 22.8 Å². The van der Waals surface area contributed by atoms with Crippen LogP contribution in [0.1, 0.15) is 31.4 Å². The second kappa shape index (κ2) is 9.63. The summed E-state index contributed by atoms with van der Waals surface area (Å²) in [6.07, 6.45) is 0.822. The van der Waals surface area contributed by atoms with Gasteiger partial charge in [-0.2, -0.15) is 0 Å². The number of hydrogen-bond donors (Lipinski definition) is 1. The SMILES string of the molecule is CCCN1C(=O)COc2ccc(-c3csc(NS(=O)(=O)c4cc(C)c(OCC)cc4C)n3)cc21. The van der Waals surface area contributed by atoms with E-state index in [0.717, 1.165) is 17.5 Å². The summed E-state index contributed by atoms with van der Waals surface area (Å²) in [5.41, 5.74) is 3.42. The third-order valence-corrected chi connectivity index (χ3v) is 7.80. The zero-order valence-electron chi connectivity index (χ0n) is 19.5. The average molecular weight is 502 g/mol. The summed E-state index contributed by atoms with van der Waals surface area (Å²) in [5, 5.41) is 2.04. The molecule has 1 aromatic heterocycles. The van der Waals surface area contributed by atoms with Gasteiger partial charge in [-0.3, -0.25) is 9.52 Å². The normalized spacial score (nSPS) is 13.4. The van der Waals surface area contributed by atoms with Gasteiger partial charge in [0, 0.05) is 17.5 Å². The maximum Gasteiger partial charge on any atom is 0.265 e. The molecule has 1 amide bonds. The number of fused-ring (bicyclic) bond motifs is 1. The summed E-state index contributed by atoms with van der Waals surface area (Å²) in [6, 6.07) is 8.87. The van der Waals surface area contributed by atoms with Crippen molar-refractivity contribution in [1.29, 1.82) is 0 Å². The van der Waals surface area contributed by atoms with Gasteiger partial charge in [-0.15, -0.1) is 11.3 Å². The highest BCUT2D eigenvalue weighted by atomic mass is 32.2. The third kappa shape index (κ3) is 4.74. The van der Waals surface area contributed by atoms with Gasteiger partial charge in [0.15, 0.2) is 11.7 Å². The standard InChI is InChI=1S/C24H27N3O5S2/c1-5-9-27-19-12-17(7-8-20(19)32-13-23(27)28)18-14-33-24(25-18)26-34(29,30)22-11-15(3)21(31-6-2)10-16(22)4/h7-8,10-12,14H,5-6,9,13H2,1-4H3,(H,25,26). The third-order valence-electron chi connectivity index (χ3n) is 5.43. The van der Waals surface area contributed by atoms with E-state index in [4.69, 9.17) is 9.47 Å². The molecule has 4 rings (SSSR count). The second-order valence-electron chi connectivity index (χ2n) is 7.98. The molecule has 0 atom stereocenters. The molecule has 2 aromatic carbocycles. The molecule has 0 bridgehead atoms. The Morgan fingerprint density at radius 1 is 1.18 bits per heavy atom. The number of aryl methyl sites for hydroxylation is 2. The fraction of sp³-hybridized carbons (Fsp3) is 0.333. The van der Waals surface area contributed by atoms with Crippen LogP contribution in [0.15, 0.2) is 40.6 Å². The van der Waals surface area contributed by atoms with Crippen molar-refractivity contribution in [3.63, 3.8) is 0 Å². The first-order chi connectivity index (χ1) is 16.2. The number of aromatic nitrogens is 1. The molecule has 0 radical (unpaired) electrons. The van der Waals surface area contributed by atoms with Gasteiger partial charge in [0.25, 0.3) is 15.9 Å². The molecule has 10 heteroatoms. The highest BCUT2D eigenvalue weighted by Crippen LogP contribution is 2.37. The number of nitrogens with one attached hydrogen (secondary N) is 1. The summed E-state index contributed by atoms with van der Waals surface area (Å²) >= 11 is 1.20. The minimum absolute atomic E-state index is 0.0272. The summed E-state index contributed by atoms with van der Waals surface area (Å²) in [5.74, 6) is 1.23. The van der Waals surface area contributed by atoms with Crippen LogP contribution >= 0.6 is 11.3 Å². The van der Waals surface area contributed by atoms with Crippen LogP contribution in [0.3, 0.4) is 0 Å². The van der Waals surface area contributed by atoms with E-state index in [0.29, 0.717) is 41.6 Å². The molecular weight excluding hydrogens is 474 g/mol. The lowest BCUT2D eigenvalue weighted by atomic mass is 10.1. The number of ether oxygens (including phenoxy) is 2. The minimum Gasteiger partial charge on any atom is -0.494 e. The lowest BCUT2D eigenvalue weighted by Gasteiger charge is -2.29. The zero-order chi connectivity index (χ0) is 24.5. The van der Waals surface area contributed by atoms with Crippen molar-refractivity contribution >= 4 is 38.1 Å². The van der Waals surface area contributed by atoms with Crippen LogP contribution in [-0.4, -0.2) is 39.1 Å². The van der Waals surface area contributed by atoms with Crippen molar-refractivity contribution < 1.29 is 22.7 Å². The maximum atomic E-state index is 13.1. The van der Waals surface area contributed by atoms with Gasteiger partial charge in [-0.25, -0.2) is 13.4 Å². The number of nitrogens with zero attached hydrogens (tertiary/aromatic N) is 2. The van der Waals surface area contributed by atoms with Gasteiger partial charge in [-0.1, -0.05) is 6.92 Å². The van der Waals surface area contributed by atoms with Crippen LogP contribution in [0, 0.1) is 13.8 Å². The van der Waals surface area contributed by atoms with Crippen molar-refractivity contribution in [2.75, 3.05) is 29.4 Å². The van der Waals surface area contributed by atoms with Crippen LogP contribution in [0.4, 0.5) is 10.8 Å². The number of rotatable bonds is 8. The molecule has 0 fully saturated rings. The van der Waals surface area contributed by atoms with Gasteiger partial charge < -0.3 is 14.4 Å². The molecule has 0 unspecified atom stereocenters. The molecule has 8 nitrogen and oxygen atoms in total. The number of amides is 1. The van der Waals surface area contributed by atoms with Gasteiger partial charge in [0.2, 0.25) is 0 Å². The van der Waals surface area contributed by atoms with E-state index in [1.165, 1.54) is 11.3 Å². The number of benzene rings is 2. The van der Waals surface area contributed by atoms with Crippen LogP contribution in [0.25, 0.3) is 11.3 Å². The Kier molecular flexibility index (Phi) is 6.81. The fourth-order valence-electron chi connectivity index (χ4n) is 3.82. The molecule has 0 spiro atoms. The van der Waals surface area contributed by atoms with Crippen LogP contribution in [-0.2, 0) is 14.8 Å². The smallest absolute Gasteiger partial charge is 0.265 e. The second-order valence-corrected chi connectivity index (χ2v) is 10.5. The van der Waals surface area contributed by atoms with Crippen LogP contribution in [0.2, 0.25) is 0 Å². The van der Waals surface area contributed by atoms with Gasteiger partial charge in [0.1, 0.15) is 11.5 Å². The largest absolute Gasteiger partial charge is 0.494 e. The van der Waals surface area contributed by atoms with Crippen molar-refractivity contribution in [1.82, 2.24) is 4.98 Å². The first-order valence-electron chi connectivity index (χ1n) is 11.0. The first-order valence-corrected chi connectivity index (χ1v) is 13.4. The van der Waals surface area contributed by atoms with Gasteiger partial charge in [0.05, 0.1) is 22.9 Å². The summed E-state index contributed by atoms with van der Waals surface area (Å²) < 4.78 is 39.9. The monoisotopic (exact) mass is 501 g/mol. The minimum atomic E-state index is -3.84. The number of carbonyl (C=O) groups is 1. The highest BCUT2D eigenvalue weighted by molar-refractivity contribution is 7.93. The average Bonchev–Trinajstić information content (AvgIpc) is 3.25. The van der Waals surface area contributed by atoms with Gasteiger partial charge >= 0.3 is 0 Å². The predicted octanol–water partition coefficient (Wildman–Crippen LogP) is 4.76. The molecule has 0 saturated heterocycles. The van der Waals surface area contributed by atoms with E-state index >= 15 is 0 Å². The van der Waals surface area contributed by atoms with Crippen molar-refractivity contribution in [2.24, 2.45) is 0 Å². The van der Waals surface area contributed by atoms with E-state index in [9.17, 15) is 13.2 Å². The number of sulfonamides is 1. The zero-order valence-corrected chi connectivity index (χ0v) is 21.2. The highest BCUT2D eigenvalue weighted by Gasteiger charge is 2.26. The quantitative estimate of drug-likeness (QED) is 0.478. The number of hydrogen-bond acceptors (Lipinski definition) is 7. The predicted molar refractivity (Wildman–Crippen MR) is 134 cm³/mol. The topological polar surface area (TPSA) is 97.8 Å². The lowest BCUT2D eigenvalue weighted by molar-refractivity contribution is -0.121. The van der Waals surface area contributed by atoms with Crippen LogP contribution < -0.4 is 19.1 Å². The summed E-state index contributed by atoms with van der Waals surface area (Å²) in [7, 11) is -3.84. The Morgan fingerprint density at radius 2 is 1.97 bits per heavy atom. The molecular formula is C24H27N3O5S2. The molecule has 3 aromatic rings. The fourth-order valence-corrected chi connectivity index (χ4v) is 6.10. The molecule has 2 heterocycles. The number of thiazole rings is 1. The Morgan fingerprint density at radius 3 is 2.71 bits per heavy atom. The van der Waals surface area contributed by atoms with E-state index in [-0.39, 0.29) is 22.5 Å². The summed E-state index contributed by atoms with van der Waals surface area (Å²) in [4.78, 5) is 18.7. The van der Waals surface area contributed by atoms with E-state index in [1.807, 2.05) is 39.0 Å². The Hall–Kier alpha value is -3.11. The molecule has 0 aliphatic carbocycles. The number of anilines is 2. The van der Waals surface area contributed by atoms with E-state index in [2.05, 4.69) is 9.71 Å².